The second-order valence-corrected chi connectivity index (χ2v) is 6.70. The SMILES string of the molecule is O=C(CC1(O)CCCC1)NCC1CCCc2ccccc21. The van der Waals surface area contributed by atoms with Crippen LogP contribution < -0.4 is 5.32 Å². The summed E-state index contributed by atoms with van der Waals surface area (Å²) in [7, 11) is 0. The Morgan fingerprint density at radius 2 is 2.00 bits per heavy atom. The maximum atomic E-state index is 12.1. The Hall–Kier alpha value is -1.35. The zero-order valence-corrected chi connectivity index (χ0v) is 12.6. The molecule has 1 aromatic rings. The molecule has 0 aromatic heterocycles. The predicted molar refractivity (Wildman–Crippen MR) is 83.2 cm³/mol. The number of amides is 1. The summed E-state index contributed by atoms with van der Waals surface area (Å²) in [6.07, 6.45) is 7.38. The highest BCUT2D eigenvalue weighted by Gasteiger charge is 2.33. The molecule has 1 fully saturated rings. The predicted octanol–water partition coefficient (Wildman–Crippen LogP) is 2.92. The molecule has 2 aliphatic rings. The van der Waals surface area contributed by atoms with Crippen molar-refractivity contribution in [3.63, 3.8) is 0 Å². The van der Waals surface area contributed by atoms with Crippen molar-refractivity contribution < 1.29 is 9.90 Å². The van der Waals surface area contributed by atoms with Gasteiger partial charge in [0.2, 0.25) is 5.91 Å². The molecule has 2 N–H and O–H groups in total. The first kappa shape index (κ1) is 14.6. The molecule has 114 valence electrons. The molecule has 3 rings (SSSR count). The van der Waals surface area contributed by atoms with E-state index in [9.17, 15) is 9.90 Å². The number of benzene rings is 1. The number of aliphatic hydroxyl groups is 1. The van der Waals surface area contributed by atoms with Crippen molar-refractivity contribution in [2.75, 3.05) is 6.54 Å². The molecule has 1 aromatic carbocycles. The molecule has 0 radical (unpaired) electrons. The summed E-state index contributed by atoms with van der Waals surface area (Å²) in [5.74, 6) is 0.430. The molecule has 2 aliphatic carbocycles. The van der Waals surface area contributed by atoms with Crippen LogP contribution >= 0.6 is 0 Å². The van der Waals surface area contributed by atoms with Crippen LogP contribution in [0, 0.1) is 0 Å². The second kappa shape index (κ2) is 6.18. The Morgan fingerprint density at radius 3 is 2.81 bits per heavy atom. The van der Waals surface area contributed by atoms with Gasteiger partial charge in [0.25, 0.3) is 0 Å². The Kier molecular flexibility index (Phi) is 4.29. The Morgan fingerprint density at radius 1 is 1.24 bits per heavy atom. The van der Waals surface area contributed by atoms with Gasteiger partial charge in [0, 0.05) is 12.5 Å². The zero-order chi connectivity index (χ0) is 14.7. The zero-order valence-electron chi connectivity index (χ0n) is 12.6. The van der Waals surface area contributed by atoms with Gasteiger partial charge < -0.3 is 10.4 Å². The number of carbonyl (C=O) groups excluding carboxylic acids is 1. The van der Waals surface area contributed by atoms with Crippen LogP contribution in [0.15, 0.2) is 24.3 Å². The van der Waals surface area contributed by atoms with Crippen molar-refractivity contribution in [3.05, 3.63) is 35.4 Å². The number of fused-ring (bicyclic) bond motifs is 1. The lowest BCUT2D eigenvalue weighted by Crippen LogP contribution is -2.36. The standard InChI is InChI=1S/C18H25NO2/c20-17(12-18(21)10-3-4-11-18)19-13-15-8-5-7-14-6-1-2-9-16(14)15/h1-2,6,9,15,21H,3-5,7-8,10-13H2,(H,19,20). The van der Waals surface area contributed by atoms with E-state index in [-0.39, 0.29) is 12.3 Å². The molecular weight excluding hydrogens is 262 g/mol. The van der Waals surface area contributed by atoms with Gasteiger partial charge in [-0.05, 0) is 43.2 Å². The molecule has 0 aliphatic heterocycles. The Bertz CT molecular complexity index is 506. The highest BCUT2D eigenvalue weighted by Crippen LogP contribution is 2.33. The summed E-state index contributed by atoms with van der Waals surface area (Å²) in [5.41, 5.74) is 2.08. The van der Waals surface area contributed by atoms with E-state index in [1.165, 1.54) is 17.5 Å². The van der Waals surface area contributed by atoms with Gasteiger partial charge in [-0.2, -0.15) is 0 Å². The number of hydrogen-bond donors (Lipinski definition) is 2. The molecule has 1 atom stereocenters. The second-order valence-electron chi connectivity index (χ2n) is 6.70. The maximum Gasteiger partial charge on any atom is 0.222 e. The third-order valence-corrected chi connectivity index (χ3v) is 5.06. The van der Waals surface area contributed by atoms with E-state index < -0.39 is 5.60 Å². The van der Waals surface area contributed by atoms with Gasteiger partial charge in [0.1, 0.15) is 0 Å². The molecule has 0 bridgehead atoms. The van der Waals surface area contributed by atoms with E-state index in [2.05, 4.69) is 29.6 Å². The first-order chi connectivity index (χ1) is 10.2. The maximum absolute atomic E-state index is 12.1. The minimum atomic E-state index is -0.742. The van der Waals surface area contributed by atoms with Gasteiger partial charge in [-0.25, -0.2) is 0 Å². The molecular formula is C18H25NO2. The lowest BCUT2D eigenvalue weighted by molar-refractivity contribution is -0.125. The summed E-state index contributed by atoms with van der Waals surface area (Å²) in [6, 6.07) is 8.57. The van der Waals surface area contributed by atoms with Gasteiger partial charge in [-0.1, -0.05) is 37.1 Å². The molecule has 3 nitrogen and oxygen atoms in total. The van der Waals surface area contributed by atoms with E-state index >= 15 is 0 Å². The molecule has 0 spiro atoms. The van der Waals surface area contributed by atoms with Gasteiger partial charge in [0.05, 0.1) is 12.0 Å². The van der Waals surface area contributed by atoms with E-state index in [1.54, 1.807) is 0 Å². The van der Waals surface area contributed by atoms with Crippen molar-refractivity contribution in [1.29, 1.82) is 0 Å². The fraction of sp³-hybridized carbons (Fsp3) is 0.611. The molecule has 0 saturated heterocycles. The van der Waals surface area contributed by atoms with Crippen LogP contribution in [0.5, 0.6) is 0 Å². The molecule has 1 amide bonds. The van der Waals surface area contributed by atoms with Gasteiger partial charge in [-0.15, -0.1) is 0 Å². The third kappa shape index (κ3) is 3.46. The first-order valence-corrected chi connectivity index (χ1v) is 8.23. The van der Waals surface area contributed by atoms with Crippen molar-refractivity contribution >= 4 is 5.91 Å². The third-order valence-electron chi connectivity index (χ3n) is 5.06. The lowest BCUT2D eigenvalue weighted by Gasteiger charge is -2.26. The number of rotatable bonds is 4. The van der Waals surface area contributed by atoms with Crippen molar-refractivity contribution in [1.82, 2.24) is 5.32 Å². The summed E-state index contributed by atoms with van der Waals surface area (Å²) >= 11 is 0. The topological polar surface area (TPSA) is 49.3 Å². The van der Waals surface area contributed by atoms with Crippen LogP contribution in [0.4, 0.5) is 0 Å². The van der Waals surface area contributed by atoms with Crippen molar-refractivity contribution in [3.8, 4) is 0 Å². The van der Waals surface area contributed by atoms with Crippen LogP contribution in [0.1, 0.15) is 62.0 Å². The lowest BCUT2D eigenvalue weighted by atomic mass is 9.83. The van der Waals surface area contributed by atoms with E-state index in [0.29, 0.717) is 12.5 Å². The molecule has 0 heterocycles. The van der Waals surface area contributed by atoms with E-state index in [0.717, 1.165) is 38.5 Å². The molecule has 1 unspecified atom stereocenters. The summed E-state index contributed by atoms with van der Waals surface area (Å²) in [6.45, 7) is 0.700. The minimum Gasteiger partial charge on any atom is -0.389 e. The van der Waals surface area contributed by atoms with Crippen LogP contribution in [-0.2, 0) is 11.2 Å². The average Bonchev–Trinajstić information content (AvgIpc) is 2.91. The van der Waals surface area contributed by atoms with Gasteiger partial charge >= 0.3 is 0 Å². The highest BCUT2D eigenvalue weighted by atomic mass is 16.3. The number of nitrogens with one attached hydrogen (secondary N) is 1. The normalized spacial score (nSPS) is 23.6. The van der Waals surface area contributed by atoms with Gasteiger partial charge in [0.15, 0.2) is 0 Å². The van der Waals surface area contributed by atoms with Crippen molar-refractivity contribution in [2.24, 2.45) is 0 Å². The van der Waals surface area contributed by atoms with Crippen LogP contribution in [0.25, 0.3) is 0 Å². The Balaban J connectivity index is 1.55. The highest BCUT2D eigenvalue weighted by molar-refractivity contribution is 5.77. The largest absolute Gasteiger partial charge is 0.389 e. The molecule has 1 saturated carbocycles. The summed E-state index contributed by atoms with van der Waals surface area (Å²) in [4.78, 5) is 12.1. The monoisotopic (exact) mass is 287 g/mol. The van der Waals surface area contributed by atoms with Crippen molar-refractivity contribution in [2.45, 2.75) is 62.9 Å². The summed E-state index contributed by atoms with van der Waals surface area (Å²) < 4.78 is 0. The van der Waals surface area contributed by atoms with E-state index in [4.69, 9.17) is 0 Å². The van der Waals surface area contributed by atoms with E-state index in [1.807, 2.05) is 0 Å². The number of hydrogen-bond acceptors (Lipinski definition) is 2. The van der Waals surface area contributed by atoms with Crippen LogP contribution in [0.2, 0.25) is 0 Å². The fourth-order valence-electron chi connectivity index (χ4n) is 3.87. The molecule has 21 heavy (non-hydrogen) atoms. The molecule has 3 heteroatoms. The fourth-order valence-corrected chi connectivity index (χ4v) is 3.87. The van der Waals surface area contributed by atoms with Crippen LogP contribution in [-0.4, -0.2) is 23.2 Å². The van der Waals surface area contributed by atoms with Crippen LogP contribution in [0.3, 0.4) is 0 Å². The minimum absolute atomic E-state index is 0.00227. The quantitative estimate of drug-likeness (QED) is 0.894. The Labute approximate surface area is 126 Å². The number of carbonyl (C=O) groups is 1. The van der Waals surface area contributed by atoms with Gasteiger partial charge in [-0.3, -0.25) is 4.79 Å². The smallest absolute Gasteiger partial charge is 0.222 e. The number of aryl methyl sites for hydroxylation is 1. The average molecular weight is 287 g/mol. The summed E-state index contributed by atoms with van der Waals surface area (Å²) in [5, 5.41) is 13.3. The first-order valence-electron chi connectivity index (χ1n) is 8.23.